The maximum absolute atomic E-state index is 12.4. The number of aromatic nitrogens is 3. The van der Waals surface area contributed by atoms with Crippen LogP contribution in [0.4, 0.5) is 5.69 Å². The van der Waals surface area contributed by atoms with Gasteiger partial charge in [0.1, 0.15) is 0 Å². The third kappa shape index (κ3) is 4.71. The fourth-order valence-corrected chi connectivity index (χ4v) is 5.87. The summed E-state index contributed by atoms with van der Waals surface area (Å²) in [4.78, 5) is 13.9. The highest BCUT2D eigenvalue weighted by molar-refractivity contribution is 9.10. The molecule has 2 aromatic heterocycles. The van der Waals surface area contributed by atoms with Gasteiger partial charge in [-0.15, -0.1) is 28.1 Å². The molecular formula is C22H23BrN4OS2. The van der Waals surface area contributed by atoms with Gasteiger partial charge in [-0.05, 0) is 55.0 Å². The number of carbonyl (C=O) groups is 1. The van der Waals surface area contributed by atoms with Crippen molar-refractivity contribution in [1.82, 2.24) is 14.8 Å². The van der Waals surface area contributed by atoms with Crippen LogP contribution in [0, 0.1) is 5.92 Å². The molecule has 0 bridgehead atoms. The minimum atomic E-state index is -0.0704. The van der Waals surface area contributed by atoms with Crippen molar-refractivity contribution in [3.05, 3.63) is 57.2 Å². The van der Waals surface area contributed by atoms with Gasteiger partial charge in [-0.25, -0.2) is 0 Å². The van der Waals surface area contributed by atoms with Crippen molar-refractivity contribution in [2.75, 3.05) is 11.1 Å². The number of nitrogens with one attached hydrogen (secondary N) is 1. The van der Waals surface area contributed by atoms with Gasteiger partial charge in [0.25, 0.3) is 0 Å². The zero-order chi connectivity index (χ0) is 21.1. The minimum absolute atomic E-state index is 0.0704. The molecule has 1 unspecified atom stereocenters. The molecule has 0 radical (unpaired) electrons. The van der Waals surface area contributed by atoms with E-state index in [0.717, 1.165) is 39.9 Å². The average molecular weight is 503 g/mol. The summed E-state index contributed by atoms with van der Waals surface area (Å²) < 4.78 is 3.04. The molecule has 1 amide bonds. The van der Waals surface area contributed by atoms with E-state index in [1.807, 2.05) is 41.7 Å². The number of halogens is 1. The van der Waals surface area contributed by atoms with Crippen molar-refractivity contribution in [2.45, 2.75) is 37.9 Å². The van der Waals surface area contributed by atoms with Gasteiger partial charge >= 0.3 is 0 Å². The molecule has 1 aliphatic carbocycles. The lowest BCUT2D eigenvalue weighted by Crippen LogP contribution is -2.14. The quantitative estimate of drug-likeness (QED) is 0.327. The zero-order valence-corrected chi connectivity index (χ0v) is 19.9. The Hall–Kier alpha value is -1.90. The predicted octanol–water partition coefficient (Wildman–Crippen LogP) is 5.81. The fourth-order valence-electron chi connectivity index (χ4n) is 3.61. The number of benzene rings is 1. The van der Waals surface area contributed by atoms with Gasteiger partial charge in [-0.3, -0.25) is 9.36 Å². The fraction of sp³-hybridized carbons (Fsp3) is 0.318. The van der Waals surface area contributed by atoms with E-state index in [9.17, 15) is 4.79 Å². The monoisotopic (exact) mass is 502 g/mol. The lowest BCUT2D eigenvalue weighted by molar-refractivity contribution is -0.113. The van der Waals surface area contributed by atoms with E-state index < -0.39 is 0 Å². The molecule has 1 aromatic carbocycles. The Morgan fingerprint density at radius 1 is 1.40 bits per heavy atom. The van der Waals surface area contributed by atoms with Crippen molar-refractivity contribution in [3.8, 4) is 11.4 Å². The molecule has 0 saturated heterocycles. The van der Waals surface area contributed by atoms with Crippen molar-refractivity contribution in [2.24, 2.45) is 5.92 Å². The lowest BCUT2D eigenvalue weighted by Gasteiger charge is -2.19. The lowest BCUT2D eigenvalue weighted by atomic mass is 9.88. The van der Waals surface area contributed by atoms with Crippen molar-refractivity contribution in [3.63, 3.8) is 0 Å². The van der Waals surface area contributed by atoms with E-state index in [2.05, 4.69) is 54.9 Å². The topological polar surface area (TPSA) is 59.8 Å². The van der Waals surface area contributed by atoms with Crippen LogP contribution in [-0.4, -0.2) is 26.4 Å². The Morgan fingerprint density at radius 2 is 2.20 bits per heavy atom. The number of carbonyl (C=O) groups excluding carboxylic acids is 1. The third-order valence-electron chi connectivity index (χ3n) is 5.13. The number of rotatable bonds is 7. The number of allylic oxidation sites excluding steroid dienone is 1. The van der Waals surface area contributed by atoms with Crippen LogP contribution in [0.1, 0.15) is 23.8 Å². The van der Waals surface area contributed by atoms with Gasteiger partial charge in [-0.1, -0.05) is 40.7 Å². The van der Waals surface area contributed by atoms with Crippen LogP contribution >= 0.6 is 39.0 Å². The summed E-state index contributed by atoms with van der Waals surface area (Å²) in [6.07, 6.45) is 5.30. The average Bonchev–Trinajstić information content (AvgIpc) is 3.32. The first kappa shape index (κ1) is 21.3. The maximum atomic E-state index is 12.4. The number of hydrogen-bond acceptors (Lipinski definition) is 5. The Bertz CT molecular complexity index is 1060. The number of nitrogens with zero attached hydrogens (tertiary/aromatic N) is 3. The second-order valence-electron chi connectivity index (χ2n) is 7.45. The SMILES string of the molecule is C=CCn1c(SCC(=O)Nc2ccc(Br)cc2)nnc1-c1csc2c1CCC(C)C2. The first-order valence-electron chi connectivity index (χ1n) is 9.87. The Labute approximate surface area is 193 Å². The molecule has 8 heteroatoms. The number of amides is 1. The van der Waals surface area contributed by atoms with Crippen LogP contribution in [0.2, 0.25) is 0 Å². The smallest absolute Gasteiger partial charge is 0.234 e. The summed E-state index contributed by atoms with van der Waals surface area (Å²) in [5.74, 6) is 1.81. The van der Waals surface area contributed by atoms with Gasteiger partial charge in [0.05, 0.1) is 5.75 Å². The van der Waals surface area contributed by atoms with Crippen LogP contribution in [0.3, 0.4) is 0 Å². The van der Waals surface area contributed by atoms with Gasteiger partial charge < -0.3 is 5.32 Å². The molecule has 1 atom stereocenters. The van der Waals surface area contributed by atoms with Crippen molar-refractivity contribution >= 4 is 50.6 Å². The van der Waals surface area contributed by atoms with E-state index in [4.69, 9.17) is 0 Å². The number of hydrogen-bond donors (Lipinski definition) is 1. The maximum Gasteiger partial charge on any atom is 0.234 e. The first-order valence-corrected chi connectivity index (χ1v) is 12.5. The van der Waals surface area contributed by atoms with Crippen LogP contribution in [0.15, 0.2) is 51.9 Å². The van der Waals surface area contributed by atoms with Crippen molar-refractivity contribution in [1.29, 1.82) is 0 Å². The van der Waals surface area contributed by atoms with Crippen LogP contribution in [-0.2, 0) is 24.2 Å². The van der Waals surface area contributed by atoms with Gasteiger partial charge in [0.15, 0.2) is 11.0 Å². The third-order valence-corrected chi connectivity index (χ3v) is 7.68. The molecule has 0 spiro atoms. The van der Waals surface area contributed by atoms with E-state index in [1.165, 1.54) is 34.2 Å². The molecule has 4 rings (SSSR count). The van der Waals surface area contributed by atoms with E-state index in [-0.39, 0.29) is 11.7 Å². The summed E-state index contributed by atoms with van der Waals surface area (Å²) >= 11 is 6.62. The standard InChI is InChI=1S/C22H23BrN4OS2/c1-3-10-27-21(18-12-29-19-11-14(2)4-9-17(18)19)25-26-22(27)30-13-20(28)24-16-7-5-15(23)6-8-16/h3,5-8,12,14H,1,4,9-11,13H2,2H3,(H,24,28). The summed E-state index contributed by atoms with van der Waals surface area (Å²) in [5.41, 5.74) is 3.37. The Balaban J connectivity index is 1.50. The summed E-state index contributed by atoms with van der Waals surface area (Å²) in [6, 6.07) is 7.53. The number of thioether (sulfide) groups is 1. The Kier molecular flexibility index (Phi) is 6.75. The van der Waals surface area contributed by atoms with Crippen molar-refractivity contribution < 1.29 is 4.79 Å². The first-order chi connectivity index (χ1) is 14.5. The zero-order valence-electron chi connectivity index (χ0n) is 16.7. The van der Waals surface area contributed by atoms with Crippen LogP contribution < -0.4 is 5.32 Å². The molecule has 156 valence electrons. The van der Waals surface area contributed by atoms with E-state index in [0.29, 0.717) is 6.54 Å². The van der Waals surface area contributed by atoms with Gasteiger partial charge in [0.2, 0.25) is 5.91 Å². The molecule has 30 heavy (non-hydrogen) atoms. The van der Waals surface area contributed by atoms with Crippen LogP contribution in [0.5, 0.6) is 0 Å². The molecule has 0 fully saturated rings. The highest BCUT2D eigenvalue weighted by Gasteiger charge is 2.24. The number of anilines is 1. The minimum Gasteiger partial charge on any atom is -0.325 e. The second-order valence-corrected chi connectivity index (χ2v) is 10.3. The molecule has 2 heterocycles. The molecule has 1 N–H and O–H groups in total. The largest absolute Gasteiger partial charge is 0.325 e. The molecule has 0 saturated carbocycles. The normalized spacial score (nSPS) is 15.6. The van der Waals surface area contributed by atoms with Gasteiger partial charge in [-0.2, -0.15) is 0 Å². The van der Waals surface area contributed by atoms with Gasteiger partial charge in [0, 0.05) is 32.5 Å². The number of fused-ring (bicyclic) bond motifs is 1. The van der Waals surface area contributed by atoms with Crippen LogP contribution in [0.25, 0.3) is 11.4 Å². The molecule has 3 aromatic rings. The molecule has 1 aliphatic rings. The predicted molar refractivity (Wildman–Crippen MR) is 128 cm³/mol. The summed E-state index contributed by atoms with van der Waals surface area (Å²) in [7, 11) is 0. The molecule has 0 aliphatic heterocycles. The second kappa shape index (κ2) is 9.49. The van der Waals surface area contributed by atoms with E-state index >= 15 is 0 Å². The Morgan fingerprint density at radius 3 is 2.97 bits per heavy atom. The molecular weight excluding hydrogens is 480 g/mol. The van der Waals surface area contributed by atoms with E-state index in [1.54, 1.807) is 0 Å². The summed E-state index contributed by atoms with van der Waals surface area (Å²) in [5, 5.41) is 14.7. The number of thiophene rings is 1. The summed E-state index contributed by atoms with van der Waals surface area (Å²) in [6.45, 7) is 6.82. The highest BCUT2D eigenvalue weighted by Crippen LogP contribution is 2.38. The highest BCUT2D eigenvalue weighted by atomic mass is 79.9. The molecule has 5 nitrogen and oxygen atoms in total.